The van der Waals surface area contributed by atoms with E-state index in [1.54, 1.807) is 6.92 Å². The van der Waals surface area contributed by atoms with Crippen LogP contribution in [0.2, 0.25) is 0 Å². The molecule has 2 aromatic rings. The van der Waals surface area contributed by atoms with E-state index in [4.69, 9.17) is 5.21 Å². The molecule has 1 N–H and O–H groups in total. The third-order valence-corrected chi connectivity index (χ3v) is 2.24. The molecule has 1 aromatic carbocycles. The van der Waals surface area contributed by atoms with E-state index in [1.165, 1.54) is 0 Å². The van der Waals surface area contributed by atoms with Crippen molar-refractivity contribution in [3.63, 3.8) is 0 Å². The van der Waals surface area contributed by atoms with E-state index in [1.807, 2.05) is 31.2 Å². The summed E-state index contributed by atoms with van der Waals surface area (Å²) in [4.78, 5) is 8.78. The van der Waals surface area contributed by atoms with E-state index >= 15 is 0 Å². The number of fused-ring (bicyclic) bond motifs is 1. The Kier molecular flexibility index (Phi) is 2.33. The van der Waals surface area contributed by atoms with Gasteiger partial charge in [0.05, 0.1) is 16.7 Å². The van der Waals surface area contributed by atoms with Gasteiger partial charge in [0.2, 0.25) is 0 Å². The molecule has 4 heteroatoms. The molecule has 0 spiro atoms. The van der Waals surface area contributed by atoms with Crippen LogP contribution in [0.25, 0.3) is 11.0 Å². The van der Waals surface area contributed by atoms with Crippen molar-refractivity contribution in [2.24, 2.45) is 5.16 Å². The fourth-order valence-electron chi connectivity index (χ4n) is 1.48. The smallest absolute Gasteiger partial charge is 0.109 e. The zero-order valence-electron chi connectivity index (χ0n) is 8.60. The molecule has 0 fully saturated rings. The number of oxime groups is 1. The summed E-state index contributed by atoms with van der Waals surface area (Å²) >= 11 is 0. The van der Waals surface area contributed by atoms with E-state index in [0.29, 0.717) is 11.4 Å². The number of rotatable bonds is 1. The van der Waals surface area contributed by atoms with Crippen LogP contribution in [0, 0.1) is 6.92 Å². The van der Waals surface area contributed by atoms with Gasteiger partial charge < -0.3 is 5.21 Å². The fraction of sp³-hybridized carbons (Fsp3) is 0.182. The molecule has 0 amide bonds. The summed E-state index contributed by atoms with van der Waals surface area (Å²) < 4.78 is 0. The number of aryl methyl sites for hydroxylation is 1. The van der Waals surface area contributed by atoms with E-state index in [0.717, 1.165) is 16.7 Å². The monoisotopic (exact) mass is 201 g/mol. The van der Waals surface area contributed by atoms with Crippen molar-refractivity contribution in [1.29, 1.82) is 0 Å². The molecule has 1 aromatic heterocycles. The summed E-state index contributed by atoms with van der Waals surface area (Å²) in [6.45, 7) is 3.55. The van der Waals surface area contributed by atoms with Crippen LogP contribution in [0.5, 0.6) is 0 Å². The first-order chi connectivity index (χ1) is 7.22. The number of para-hydroxylation sites is 2. The van der Waals surface area contributed by atoms with Crippen molar-refractivity contribution in [1.82, 2.24) is 9.97 Å². The largest absolute Gasteiger partial charge is 0.411 e. The molecule has 0 aliphatic carbocycles. The number of aromatic nitrogens is 2. The number of benzene rings is 1. The van der Waals surface area contributed by atoms with Gasteiger partial charge >= 0.3 is 0 Å². The van der Waals surface area contributed by atoms with E-state index in [2.05, 4.69) is 15.1 Å². The molecule has 2 rings (SSSR count). The second-order valence-corrected chi connectivity index (χ2v) is 3.33. The van der Waals surface area contributed by atoms with Crippen LogP contribution >= 0.6 is 0 Å². The van der Waals surface area contributed by atoms with Crippen molar-refractivity contribution >= 4 is 16.7 Å². The standard InChI is InChI=1S/C11H11N3O/c1-7-11(8(2)14-15)13-10-6-4-3-5-9(10)12-7/h3-6,15H,1-2H3. The van der Waals surface area contributed by atoms with Crippen molar-refractivity contribution in [2.75, 3.05) is 0 Å². The molecular formula is C11H11N3O. The Morgan fingerprint density at radius 2 is 1.80 bits per heavy atom. The van der Waals surface area contributed by atoms with Gasteiger partial charge in [0.25, 0.3) is 0 Å². The minimum atomic E-state index is 0.478. The molecule has 0 saturated heterocycles. The van der Waals surface area contributed by atoms with Crippen molar-refractivity contribution in [3.8, 4) is 0 Å². The van der Waals surface area contributed by atoms with Gasteiger partial charge in [-0.05, 0) is 26.0 Å². The fourth-order valence-corrected chi connectivity index (χ4v) is 1.48. The van der Waals surface area contributed by atoms with Gasteiger partial charge in [0.1, 0.15) is 11.4 Å². The maximum atomic E-state index is 8.70. The van der Waals surface area contributed by atoms with Crippen molar-refractivity contribution in [2.45, 2.75) is 13.8 Å². The van der Waals surface area contributed by atoms with Crippen LogP contribution < -0.4 is 0 Å². The van der Waals surface area contributed by atoms with Gasteiger partial charge in [0.15, 0.2) is 0 Å². The van der Waals surface area contributed by atoms with Gasteiger partial charge in [-0.1, -0.05) is 17.3 Å². The van der Waals surface area contributed by atoms with Crippen LogP contribution in [0.15, 0.2) is 29.4 Å². The molecule has 0 saturated carbocycles. The molecule has 0 unspecified atom stereocenters. The van der Waals surface area contributed by atoms with Crippen molar-refractivity contribution in [3.05, 3.63) is 35.7 Å². The minimum Gasteiger partial charge on any atom is -0.411 e. The number of nitrogens with zero attached hydrogens (tertiary/aromatic N) is 3. The molecule has 0 atom stereocenters. The van der Waals surface area contributed by atoms with Crippen LogP contribution in [0.3, 0.4) is 0 Å². The van der Waals surface area contributed by atoms with Crippen LogP contribution in [-0.4, -0.2) is 20.9 Å². The van der Waals surface area contributed by atoms with E-state index in [9.17, 15) is 0 Å². The zero-order chi connectivity index (χ0) is 10.8. The molecule has 0 bridgehead atoms. The summed E-state index contributed by atoms with van der Waals surface area (Å²) in [6, 6.07) is 7.62. The lowest BCUT2D eigenvalue weighted by Gasteiger charge is -2.04. The highest BCUT2D eigenvalue weighted by Crippen LogP contribution is 2.12. The second kappa shape index (κ2) is 3.65. The van der Waals surface area contributed by atoms with Crippen LogP contribution in [-0.2, 0) is 0 Å². The Bertz CT molecular complexity index is 534. The lowest BCUT2D eigenvalue weighted by atomic mass is 10.2. The summed E-state index contributed by atoms with van der Waals surface area (Å²) in [5, 5.41) is 11.8. The molecule has 1 heterocycles. The highest BCUT2D eigenvalue weighted by molar-refractivity contribution is 5.98. The predicted octanol–water partition coefficient (Wildman–Crippen LogP) is 2.14. The molecular weight excluding hydrogens is 190 g/mol. The Hall–Kier alpha value is -1.97. The minimum absolute atomic E-state index is 0.478. The summed E-state index contributed by atoms with van der Waals surface area (Å²) in [7, 11) is 0. The normalized spacial score (nSPS) is 12.0. The van der Waals surface area contributed by atoms with E-state index in [-0.39, 0.29) is 0 Å². The van der Waals surface area contributed by atoms with Gasteiger partial charge in [-0.25, -0.2) is 9.97 Å². The van der Waals surface area contributed by atoms with Crippen molar-refractivity contribution < 1.29 is 5.21 Å². The highest BCUT2D eigenvalue weighted by atomic mass is 16.4. The predicted molar refractivity (Wildman–Crippen MR) is 58.3 cm³/mol. The molecule has 4 nitrogen and oxygen atoms in total. The molecule has 0 aliphatic rings. The Morgan fingerprint density at radius 1 is 1.20 bits per heavy atom. The third kappa shape index (κ3) is 1.66. The molecule has 76 valence electrons. The first-order valence-corrected chi connectivity index (χ1v) is 4.65. The van der Waals surface area contributed by atoms with Gasteiger partial charge in [-0.2, -0.15) is 0 Å². The average Bonchev–Trinajstić information content (AvgIpc) is 2.27. The van der Waals surface area contributed by atoms with Gasteiger partial charge in [0, 0.05) is 0 Å². The maximum Gasteiger partial charge on any atom is 0.109 e. The Labute approximate surface area is 87.3 Å². The Balaban J connectivity index is 2.72. The lowest BCUT2D eigenvalue weighted by molar-refractivity contribution is 0.319. The lowest BCUT2D eigenvalue weighted by Crippen LogP contribution is -2.04. The summed E-state index contributed by atoms with van der Waals surface area (Å²) in [5.74, 6) is 0. The first kappa shape index (κ1) is 9.58. The number of hydrogen-bond acceptors (Lipinski definition) is 4. The number of hydrogen-bond donors (Lipinski definition) is 1. The second-order valence-electron chi connectivity index (χ2n) is 3.33. The zero-order valence-corrected chi connectivity index (χ0v) is 8.60. The van der Waals surface area contributed by atoms with Crippen LogP contribution in [0.1, 0.15) is 18.3 Å². The third-order valence-electron chi connectivity index (χ3n) is 2.24. The van der Waals surface area contributed by atoms with E-state index < -0.39 is 0 Å². The van der Waals surface area contributed by atoms with Crippen LogP contribution in [0.4, 0.5) is 0 Å². The first-order valence-electron chi connectivity index (χ1n) is 4.65. The summed E-state index contributed by atoms with van der Waals surface area (Å²) in [5.41, 5.74) is 3.54. The Morgan fingerprint density at radius 3 is 2.40 bits per heavy atom. The topological polar surface area (TPSA) is 58.4 Å². The summed E-state index contributed by atoms with van der Waals surface area (Å²) in [6.07, 6.45) is 0. The van der Waals surface area contributed by atoms with Gasteiger partial charge in [-0.15, -0.1) is 0 Å². The van der Waals surface area contributed by atoms with Gasteiger partial charge in [-0.3, -0.25) is 0 Å². The molecule has 0 radical (unpaired) electrons. The quantitative estimate of drug-likeness (QED) is 0.437. The SMILES string of the molecule is CC(=NO)c1nc2ccccc2nc1C. The highest BCUT2D eigenvalue weighted by Gasteiger charge is 2.07. The molecule has 0 aliphatic heterocycles. The molecule has 15 heavy (non-hydrogen) atoms. The average molecular weight is 201 g/mol. The maximum absolute atomic E-state index is 8.70.